The van der Waals surface area contributed by atoms with Crippen molar-refractivity contribution in [2.45, 2.75) is 5.60 Å². The Balaban J connectivity index is 1.97. The first-order chi connectivity index (χ1) is 13.4. The minimum absolute atomic E-state index is 0.0209. The lowest BCUT2D eigenvalue weighted by molar-refractivity contribution is 0.0223. The van der Waals surface area contributed by atoms with Crippen LogP contribution < -0.4 is 4.74 Å². The van der Waals surface area contributed by atoms with Gasteiger partial charge < -0.3 is 19.7 Å². The predicted octanol–water partition coefficient (Wildman–Crippen LogP) is 5.95. The van der Waals surface area contributed by atoms with Crippen LogP contribution in [0.4, 0.5) is 0 Å². The van der Waals surface area contributed by atoms with Crippen molar-refractivity contribution in [3.05, 3.63) is 78.1 Å². The first kappa shape index (κ1) is 18.0. The van der Waals surface area contributed by atoms with Crippen molar-refractivity contribution in [3.63, 3.8) is 0 Å². The molecule has 2 aliphatic heterocycles. The van der Waals surface area contributed by atoms with Gasteiger partial charge in [0.2, 0.25) is 0 Å². The highest BCUT2D eigenvalue weighted by Crippen LogP contribution is 2.61. The minimum atomic E-state index is -1.29. The normalized spacial score (nSPS) is 18.9. The number of hydrogen-bond acceptors (Lipinski definition) is 5. The maximum absolute atomic E-state index is 12.8. The molecule has 2 aliphatic rings. The molecule has 0 aliphatic carbocycles. The van der Waals surface area contributed by atoms with E-state index in [0.717, 1.165) is 0 Å². The van der Waals surface area contributed by atoms with Crippen molar-refractivity contribution in [2.24, 2.45) is 0 Å². The van der Waals surface area contributed by atoms with E-state index in [0.29, 0.717) is 47.2 Å². The van der Waals surface area contributed by atoms with E-state index < -0.39 is 11.6 Å². The van der Waals surface area contributed by atoms with E-state index in [-0.39, 0.29) is 11.5 Å². The average molecular weight is 569 g/mol. The fraction of sp³-hybridized carbons (Fsp3) is 0.0500. The third kappa shape index (κ3) is 2.13. The van der Waals surface area contributed by atoms with Gasteiger partial charge in [-0.25, -0.2) is 4.79 Å². The van der Waals surface area contributed by atoms with Gasteiger partial charge in [0.25, 0.3) is 0 Å². The highest BCUT2D eigenvalue weighted by atomic mass is 79.9. The zero-order valence-corrected chi connectivity index (χ0v) is 18.6. The van der Waals surface area contributed by atoms with Crippen molar-refractivity contribution < 1.29 is 24.5 Å². The van der Waals surface area contributed by atoms with E-state index in [1.54, 1.807) is 24.3 Å². The number of carbonyl (C=O) groups is 1. The zero-order valence-electron chi connectivity index (χ0n) is 13.8. The fourth-order valence-corrected chi connectivity index (χ4v) is 5.37. The summed E-state index contributed by atoms with van der Waals surface area (Å²) in [4.78, 5) is 12.8. The Kier molecular flexibility index (Phi) is 3.85. The Morgan fingerprint density at radius 3 is 2.36 bits per heavy atom. The smallest absolute Gasteiger partial charge is 0.340 e. The van der Waals surface area contributed by atoms with Gasteiger partial charge in [0.1, 0.15) is 20.4 Å². The van der Waals surface area contributed by atoms with Gasteiger partial charge >= 0.3 is 5.97 Å². The van der Waals surface area contributed by atoms with Gasteiger partial charge in [0.15, 0.2) is 17.1 Å². The molecule has 2 N–H and O–H groups in total. The number of carbonyl (C=O) groups excluding carboxylic acids is 1. The van der Waals surface area contributed by atoms with Crippen LogP contribution in [0.2, 0.25) is 0 Å². The first-order valence-electron chi connectivity index (χ1n) is 8.10. The second-order valence-electron chi connectivity index (χ2n) is 6.39. The molecule has 1 unspecified atom stereocenters. The van der Waals surface area contributed by atoms with Gasteiger partial charge in [-0.1, -0.05) is 18.2 Å². The van der Waals surface area contributed by atoms with Crippen LogP contribution in [-0.4, -0.2) is 16.2 Å². The molecular formula is C20H9Br3O5. The molecule has 140 valence electrons. The molecule has 5 nitrogen and oxygen atoms in total. The molecule has 8 heteroatoms. The number of aromatic hydroxyl groups is 2. The second kappa shape index (κ2) is 5.98. The molecule has 0 saturated carbocycles. The highest BCUT2D eigenvalue weighted by molar-refractivity contribution is 9.11. The Bertz CT molecular complexity index is 1210. The highest BCUT2D eigenvalue weighted by Gasteiger charge is 2.54. The van der Waals surface area contributed by atoms with Crippen molar-refractivity contribution in [3.8, 4) is 23.0 Å². The summed E-state index contributed by atoms with van der Waals surface area (Å²) in [7, 11) is 0. The summed E-state index contributed by atoms with van der Waals surface area (Å²) in [6.07, 6.45) is 0. The molecule has 5 rings (SSSR count). The molecule has 28 heavy (non-hydrogen) atoms. The van der Waals surface area contributed by atoms with Gasteiger partial charge in [0.05, 0.1) is 15.6 Å². The van der Waals surface area contributed by atoms with Gasteiger partial charge in [0, 0.05) is 11.1 Å². The van der Waals surface area contributed by atoms with Gasteiger partial charge in [-0.05, 0) is 72.1 Å². The van der Waals surface area contributed by atoms with Crippen LogP contribution in [0.1, 0.15) is 27.0 Å². The predicted molar refractivity (Wildman–Crippen MR) is 111 cm³/mol. The first-order valence-corrected chi connectivity index (χ1v) is 10.5. The molecule has 0 radical (unpaired) electrons. The molecule has 0 bridgehead atoms. The van der Waals surface area contributed by atoms with Crippen molar-refractivity contribution >= 4 is 53.8 Å². The summed E-state index contributed by atoms with van der Waals surface area (Å²) < 4.78 is 13.1. The van der Waals surface area contributed by atoms with Crippen LogP contribution in [0.25, 0.3) is 0 Å². The molecule has 0 aromatic heterocycles. The molecule has 0 amide bonds. The van der Waals surface area contributed by atoms with Crippen molar-refractivity contribution in [1.82, 2.24) is 0 Å². The molecule has 1 spiro atoms. The molecule has 3 aromatic rings. The van der Waals surface area contributed by atoms with E-state index >= 15 is 0 Å². The second-order valence-corrected chi connectivity index (χ2v) is 8.83. The lowest BCUT2D eigenvalue weighted by atomic mass is 9.77. The summed E-state index contributed by atoms with van der Waals surface area (Å²) in [5, 5.41) is 20.5. The van der Waals surface area contributed by atoms with Gasteiger partial charge in [-0.2, -0.15) is 0 Å². The lowest BCUT2D eigenvalue weighted by Crippen LogP contribution is -2.33. The zero-order chi connectivity index (χ0) is 19.8. The molecular weight excluding hydrogens is 560 g/mol. The van der Waals surface area contributed by atoms with Crippen molar-refractivity contribution in [2.75, 3.05) is 0 Å². The Morgan fingerprint density at radius 1 is 0.857 bits per heavy atom. The molecule has 3 aromatic carbocycles. The van der Waals surface area contributed by atoms with E-state index in [1.165, 1.54) is 6.07 Å². The van der Waals surface area contributed by atoms with Crippen LogP contribution in [0.5, 0.6) is 23.0 Å². The molecule has 2 heterocycles. The van der Waals surface area contributed by atoms with E-state index in [4.69, 9.17) is 9.47 Å². The van der Waals surface area contributed by atoms with Crippen LogP contribution in [0.15, 0.2) is 55.9 Å². The molecule has 1 atom stereocenters. The maximum atomic E-state index is 12.8. The standard InChI is InChI=1S/C20H9Br3O5/c21-12-7-11-18(15(23)16(12)25)27-17-10(5-6-13(24)14(17)22)20(11)9-4-2-1-3-8(9)19(26)28-20/h1-7,24-25H. The number of benzene rings is 3. The third-order valence-corrected chi connectivity index (χ3v) is 7.07. The number of halogens is 3. The number of phenolic OH excluding ortho intramolecular Hbond substituents is 2. The SMILES string of the molecule is O=C1OC2(c3ccccc31)c1ccc(O)c(Br)c1Oc1c2cc(Br)c(O)c1Br. The Labute approximate surface area is 184 Å². The summed E-state index contributed by atoms with van der Waals surface area (Å²) in [5.41, 5.74) is 0.935. The van der Waals surface area contributed by atoms with Crippen LogP contribution >= 0.6 is 47.8 Å². The minimum Gasteiger partial charge on any atom is -0.507 e. The van der Waals surface area contributed by atoms with E-state index in [1.807, 2.05) is 12.1 Å². The maximum Gasteiger partial charge on any atom is 0.340 e. The van der Waals surface area contributed by atoms with Crippen molar-refractivity contribution in [1.29, 1.82) is 0 Å². The number of rotatable bonds is 0. The number of hydrogen-bond donors (Lipinski definition) is 2. The summed E-state index contributed by atoms with van der Waals surface area (Å²) >= 11 is 10.1. The quantitative estimate of drug-likeness (QED) is 0.328. The molecule has 0 fully saturated rings. The number of ether oxygens (including phenoxy) is 2. The van der Waals surface area contributed by atoms with Crippen LogP contribution in [0, 0.1) is 0 Å². The summed E-state index contributed by atoms with van der Waals surface area (Å²) in [5.74, 6) is 0.0704. The monoisotopic (exact) mass is 566 g/mol. The van der Waals surface area contributed by atoms with Crippen LogP contribution in [-0.2, 0) is 10.3 Å². The number of fused-ring (bicyclic) bond motifs is 6. The van der Waals surface area contributed by atoms with Crippen LogP contribution in [0.3, 0.4) is 0 Å². The topological polar surface area (TPSA) is 76.0 Å². The fourth-order valence-electron chi connectivity index (χ4n) is 3.74. The van der Waals surface area contributed by atoms with Gasteiger partial charge in [-0.3, -0.25) is 0 Å². The third-order valence-electron chi connectivity index (χ3n) is 4.96. The summed E-state index contributed by atoms with van der Waals surface area (Å²) in [6.45, 7) is 0. The lowest BCUT2D eigenvalue weighted by Gasteiger charge is -2.37. The van der Waals surface area contributed by atoms with Gasteiger partial charge in [-0.15, -0.1) is 0 Å². The molecule has 0 saturated heterocycles. The number of phenols is 2. The Morgan fingerprint density at radius 2 is 1.57 bits per heavy atom. The van der Waals surface area contributed by atoms with E-state index in [9.17, 15) is 15.0 Å². The number of esters is 1. The van der Waals surface area contributed by atoms with E-state index in [2.05, 4.69) is 47.8 Å². The Hall–Kier alpha value is -2.03. The largest absolute Gasteiger partial charge is 0.507 e. The summed E-state index contributed by atoms with van der Waals surface area (Å²) in [6, 6.07) is 12.0. The average Bonchev–Trinajstić information content (AvgIpc) is 2.98.